The Labute approximate surface area is 269 Å². The van der Waals surface area contributed by atoms with Crippen LogP contribution in [0.25, 0.3) is 44.4 Å². The first kappa shape index (κ1) is 23.4. The molecule has 1 unspecified atom stereocenters. The molecule has 13 rings (SSSR count). The van der Waals surface area contributed by atoms with Crippen molar-refractivity contribution in [2.75, 3.05) is 0 Å². The quantitative estimate of drug-likeness (QED) is 0.166. The summed E-state index contributed by atoms with van der Waals surface area (Å²) in [4.78, 5) is 0. The van der Waals surface area contributed by atoms with E-state index in [1.165, 1.54) is 89.2 Å². The van der Waals surface area contributed by atoms with Gasteiger partial charge in [-0.1, -0.05) is 71.4 Å². The second-order valence-electron chi connectivity index (χ2n) is 13.8. The summed E-state index contributed by atoms with van der Waals surface area (Å²) in [6.07, 6.45) is 2.32. The largest absolute Gasteiger partial charge is 0.456 e. The topological polar surface area (TPSA) is 26.8 Å². The van der Waals surface area contributed by atoms with Crippen LogP contribution in [0.1, 0.15) is 44.8 Å². The van der Waals surface area contributed by atoms with Crippen LogP contribution < -0.4 is 14.0 Å². The van der Waals surface area contributed by atoms with Gasteiger partial charge in [0.1, 0.15) is 28.3 Å². The van der Waals surface area contributed by atoms with E-state index in [2.05, 4.69) is 154 Å². The Morgan fingerprint density at radius 1 is 0.617 bits per heavy atom. The lowest BCUT2D eigenvalue weighted by Crippen LogP contribution is -2.78. The zero-order valence-corrected chi connectivity index (χ0v) is 25.7. The van der Waals surface area contributed by atoms with E-state index in [0.717, 1.165) is 11.5 Å². The number of fused-ring (bicyclic) bond motifs is 10. The van der Waals surface area contributed by atoms with E-state index in [9.17, 15) is 0 Å². The number of rotatable bonds is 0. The van der Waals surface area contributed by atoms with Crippen molar-refractivity contribution < 1.29 is 14.0 Å². The lowest BCUT2D eigenvalue weighted by atomic mass is 9.66. The van der Waals surface area contributed by atoms with Crippen LogP contribution in [0.5, 0.6) is 11.5 Å². The van der Waals surface area contributed by atoms with E-state index >= 15 is 0 Å². The fraction of sp³-hybridized carbons (Fsp3) is 0.0952. The highest BCUT2D eigenvalue weighted by Crippen LogP contribution is 2.63. The van der Waals surface area contributed by atoms with Gasteiger partial charge in [-0.3, -0.25) is 0 Å². The molecule has 1 atom stereocenters. The lowest BCUT2D eigenvalue weighted by Gasteiger charge is -2.40. The van der Waals surface area contributed by atoms with Crippen molar-refractivity contribution in [1.82, 2.24) is 9.25 Å². The van der Waals surface area contributed by atoms with Crippen molar-refractivity contribution in [2.24, 2.45) is 0 Å². The summed E-state index contributed by atoms with van der Waals surface area (Å²) in [5, 5.41) is 2.55. The summed E-state index contributed by atoms with van der Waals surface area (Å²) in [5.74, 6) is 3.06. The van der Waals surface area contributed by atoms with Crippen LogP contribution in [0.4, 0.5) is 0 Å². The summed E-state index contributed by atoms with van der Waals surface area (Å²) in [5.41, 5.74) is 15.4. The van der Waals surface area contributed by atoms with E-state index < -0.39 is 11.1 Å². The van der Waals surface area contributed by atoms with Gasteiger partial charge in [0.2, 0.25) is 5.69 Å². The molecule has 0 saturated carbocycles. The molecule has 5 aliphatic rings. The molecule has 0 N–H and O–H groups in total. The van der Waals surface area contributed by atoms with Crippen molar-refractivity contribution in [3.63, 3.8) is 0 Å². The maximum absolute atomic E-state index is 6.90. The first-order chi connectivity index (χ1) is 23.2. The number of aryl methyl sites for hydroxylation is 2. The number of ether oxygens (including phenoxy) is 1. The summed E-state index contributed by atoms with van der Waals surface area (Å²) < 4.78 is 17.0. The molecule has 7 heterocycles. The number of hydrogen-bond acceptors (Lipinski definition) is 1. The Balaban J connectivity index is 1.36. The summed E-state index contributed by atoms with van der Waals surface area (Å²) >= 11 is 0. The average molecular weight is 603 g/mol. The maximum atomic E-state index is 6.90. The molecule has 0 radical (unpaired) electrons. The molecule has 0 saturated heterocycles. The van der Waals surface area contributed by atoms with Crippen LogP contribution >= 0.6 is 0 Å². The van der Waals surface area contributed by atoms with E-state index in [1.807, 2.05) is 0 Å². The molecular formula is C42H26N4O+2. The third-order valence-corrected chi connectivity index (χ3v) is 11.9. The summed E-state index contributed by atoms with van der Waals surface area (Å²) in [6.45, 7) is 4.47. The number of nitrogens with zero attached hydrogens (tertiary/aromatic N) is 4. The third kappa shape index (κ3) is 2.08. The van der Waals surface area contributed by atoms with E-state index in [4.69, 9.17) is 4.74 Å². The third-order valence-electron chi connectivity index (χ3n) is 11.9. The number of hydrogen-bond donors (Lipinski definition) is 0. The van der Waals surface area contributed by atoms with E-state index in [1.54, 1.807) is 0 Å². The maximum Gasteiger partial charge on any atom is 0.397 e. The molecule has 8 aromatic rings. The number of pyridine rings is 1. The van der Waals surface area contributed by atoms with Gasteiger partial charge in [-0.2, -0.15) is 9.13 Å². The van der Waals surface area contributed by atoms with Gasteiger partial charge in [-0.05, 0) is 71.6 Å². The molecule has 5 nitrogen and oxygen atoms in total. The first-order valence-electron chi connectivity index (χ1n) is 16.5. The smallest absolute Gasteiger partial charge is 0.397 e. The average Bonchev–Trinajstić information content (AvgIpc) is 3.80. The van der Waals surface area contributed by atoms with Gasteiger partial charge in [0.15, 0.2) is 11.1 Å². The molecule has 2 spiro atoms. The van der Waals surface area contributed by atoms with Gasteiger partial charge in [-0.15, -0.1) is 4.68 Å². The minimum absolute atomic E-state index is 0.476. The van der Waals surface area contributed by atoms with Crippen LogP contribution in [-0.2, 0) is 11.1 Å². The zero-order valence-electron chi connectivity index (χ0n) is 25.7. The van der Waals surface area contributed by atoms with Crippen LogP contribution in [0.3, 0.4) is 0 Å². The van der Waals surface area contributed by atoms with E-state index in [-0.39, 0.29) is 0 Å². The van der Waals surface area contributed by atoms with Gasteiger partial charge in [0.05, 0.1) is 22.9 Å². The van der Waals surface area contributed by atoms with E-state index in [0.29, 0.717) is 0 Å². The first-order valence-corrected chi connectivity index (χ1v) is 16.5. The Kier molecular flexibility index (Phi) is 3.51. The van der Waals surface area contributed by atoms with Crippen molar-refractivity contribution in [3.05, 3.63) is 166 Å². The Bertz CT molecular complexity index is 2820. The standard InChI is InChI=1S/C42H26N4O/c1-23-22-24(2)46-42-36-33(45(23)46)17-8-18-34(36)47-35-20-19-28-27-12-7-15-31-38(27)44(39(28)37(35)42)40-32(16-9-21-43(40)42)41(31)29-13-5-3-10-25(29)26-11-4-6-14-30(26)41/h3-22H,1-2H3/q+2. The van der Waals surface area contributed by atoms with Gasteiger partial charge >= 0.3 is 5.66 Å². The van der Waals surface area contributed by atoms with Crippen LogP contribution in [-0.4, -0.2) is 9.25 Å². The second kappa shape index (κ2) is 7.06. The highest BCUT2D eigenvalue weighted by atomic mass is 16.5. The van der Waals surface area contributed by atoms with Gasteiger partial charge in [0.25, 0.3) is 5.82 Å². The molecule has 4 aliphatic heterocycles. The van der Waals surface area contributed by atoms with Crippen LogP contribution in [0.2, 0.25) is 0 Å². The number of aromatic nitrogens is 4. The molecular weight excluding hydrogens is 576 g/mol. The molecule has 0 amide bonds. The Morgan fingerprint density at radius 3 is 2.15 bits per heavy atom. The fourth-order valence-corrected chi connectivity index (χ4v) is 10.7. The van der Waals surface area contributed by atoms with Crippen molar-refractivity contribution >= 4 is 21.8 Å². The molecule has 3 aromatic heterocycles. The van der Waals surface area contributed by atoms with Crippen molar-refractivity contribution in [1.29, 1.82) is 0 Å². The summed E-state index contributed by atoms with van der Waals surface area (Å²) in [6, 6.07) is 43.2. The highest BCUT2D eigenvalue weighted by Gasteiger charge is 2.71. The molecule has 5 aromatic carbocycles. The lowest BCUT2D eigenvalue weighted by molar-refractivity contribution is -0.995. The summed E-state index contributed by atoms with van der Waals surface area (Å²) in [7, 11) is 0. The molecule has 0 fully saturated rings. The molecule has 218 valence electrons. The predicted molar refractivity (Wildman–Crippen MR) is 179 cm³/mol. The van der Waals surface area contributed by atoms with Gasteiger partial charge in [-0.25, -0.2) is 0 Å². The monoisotopic (exact) mass is 602 g/mol. The Morgan fingerprint density at radius 2 is 1.32 bits per heavy atom. The van der Waals surface area contributed by atoms with Crippen LogP contribution in [0, 0.1) is 13.8 Å². The SMILES string of the molecule is Cc1cc(C)[n+]2n1-c1cccc3c1C21c2c(ccc4c5cccc6c5n(c24)-c2c(ccc[n+]21)C61c2ccccc2-c2ccccc21)O3. The van der Waals surface area contributed by atoms with Crippen LogP contribution in [0.15, 0.2) is 121 Å². The van der Waals surface area contributed by atoms with Gasteiger partial charge in [0, 0.05) is 29.3 Å². The van der Waals surface area contributed by atoms with Gasteiger partial charge < -0.3 is 4.74 Å². The predicted octanol–water partition coefficient (Wildman–Crippen LogP) is 7.47. The normalized spacial score (nSPS) is 18.4. The zero-order chi connectivity index (χ0) is 30.6. The van der Waals surface area contributed by atoms with Crippen molar-refractivity contribution in [2.45, 2.75) is 24.9 Å². The fourth-order valence-electron chi connectivity index (χ4n) is 10.7. The molecule has 1 aliphatic carbocycles. The number of benzene rings is 5. The molecule has 47 heavy (non-hydrogen) atoms. The molecule has 0 bridgehead atoms. The minimum atomic E-state index is -0.677. The molecule has 5 heteroatoms. The number of para-hydroxylation sites is 1. The van der Waals surface area contributed by atoms with Crippen molar-refractivity contribution in [3.8, 4) is 34.1 Å². The highest BCUT2D eigenvalue weighted by molar-refractivity contribution is 6.14. The Hall–Kier alpha value is -5.94. The minimum Gasteiger partial charge on any atom is -0.456 e. The second-order valence-corrected chi connectivity index (χ2v) is 13.8.